The number of benzene rings is 1. The summed E-state index contributed by atoms with van der Waals surface area (Å²) in [6.07, 6.45) is 0. The second-order valence-electron chi connectivity index (χ2n) is 7.28. The zero-order valence-corrected chi connectivity index (χ0v) is 19.9. The van der Waals surface area contributed by atoms with E-state index in [1.54, 1.807) is 23.5 Å². The first kappa shape index (κ1) is 23.2. The Morgan fingerprint density at radius 1 is 1.23 bits per heavy atom. The molecule has 1 aromatic carbocycles. The number of thiophene rings is 1. The molecule has 3 aromatic rings. The molecule has 0 bridgehead atoms. The van der Waals surface area contributed by atoms with E-state index in [0.29, 0.717) is 12.3 Å². The maximum atomic E-state index is 9.00. The average Bonchev–Trinajstić information content (AvgIpc) is 3.09. The maximum Gasteiger partial charge on any atom is 0.136 e. The zero-order chi connectivity index (χ0) is 22.5. The first-order valence-corrected chi connectivity index (χ1v) is 11.4. The number of aromatic nitrogens is 2. The van der Waals surface area contributed by atoms with Crippen LogP contribution >= 0.6 is 23.1 Å². The summed E-state index contributed by atoms with van der Waals surface area (Å²) in [4.78, 5) is 9.05. The van der Waals surface area contributed by atoms with Crippen molar-refractivity contribution in [3.05, 3.63) is 62.5 Å². The summed E-state index contributed by atoms with van der Waals surface area (Å²) in [6, 6.07) is 9.25. The van der Waals surface area contributed by atoms with Crippen LogP contribution in [0.15, 0.2) is 45.4 Å². The summed E-state index contributed by atoms with van der Waals surface area (Å²) >= 11 is 3.22. The Morgan fingerprint density at radius 3 is 2.55 bits per heavy atom. The fraction of sp³-hybridized carbons (Fsp3) is 0.318. The summed E-state index contributed by atoms with van der Waals surface area (Å²) in [5, 5.41) is 22.7. The van der Waals surface area contributed by atoms with Gasteiger partial charge in [-0.15, -0.1) is 16.4 Å². The number of hydrogen-bond donors (Lipinski definition) is 3. The lowest BCUT2D eigenvalue weighted by molar-refractivity contribution is 0.130. The second-order valence-corrected chi connectivity index (χ2v) is 9.80. The number of nitrogens with zero attached hydrogens (tertiary/aromatic N) is 3. The smallest absolute Gasteiger partial charge is 0.136 e. The van der Waals surface area contributed by atoms with Gasteiger partial charge < -0.3 is 10.6 Å². The van der Waals surface area contributed by atoms with E-state index in [-0.39, 0.29) is 6.04 Å². The van der Waals surface area contributed by atoms with Gasteiger partial charge in [-0.25, -0.2) is 0 Å². The molecule has 2 aromatic heterocycles. The molecule has 0 radical (unpaired) electrons. The molecule has 164 valence electrons. The molecule has 9 heteroatoms. The van der Waals surface area contributed by atoms with Crippen molar-refractivity contribution >= 4 is 34.5 Å². The Labute approximate surface area is 190 Å². The van der Waals surface area contributed by atoms with Gasteiger partial charge in [0.15, 0.2) is 0 Å². The Morgan fingerprint density at radius 2 is 1.94 bits per heavy atom. The number of nitrogens with two attached hydrogens (primary N) is 1. The van der Waals surface area contributed by atoms with Crippen LogP contribution in [0.3, 0.4) is 0 Å². The average molecular weight is 458 g/mol. The van der Waals surface area contributed by atoms with Crippen LogP contribution in [0, 0.1) is 27.7 Å². The minimum absolute atomic E-state index is 0.229. The number of anilines is 1. The highest BCUT2D eigenvalue weighted by atomic mass is 32.2. The van der Waals surface area contributed by atoms with Crippen molar-refractivity contribution in [2.75, 3.05) is 12.1 Å². The number of hydrogen-bond acceptors (Lipinski definition) is 9. The monoisotopic (exact) mass is 457 g/mol. The predicted octanol–water partition coefficient (Wildman–Crippen LogP) is 5.16. The van der Waals surface area contributed by atoms with Crippen molar-refractivity contribution in [3.63, 3.8) is 0 Å². The van der Waals surface area contributed by atoms with Crippen molar-refractivity contribution in [3.8, 4) is 0 Å². The number of nitrogens with one attached hydrogen (secondary N) is 1. The SMILES string of the molecule is C/C(=N\OCC(N)c1cc(C)sc1C)c1c(Sc2ccc(NO)cc2)nnc(C)c1C. The minimum Gasteiger partial charge on any atom is -0.394 e. The lowest BCUT2D eigenvalue weighted by Crippen LogP contribution is -2.16. The van der Waals surface area contributed by atoms with Gasteiger partial charge in [-0.05, 0) is 76.1 Å². The van der Waals surface area contributed by atoms with E-state index in [1.165, 1.54) is 21.5 Å². The van der Waals surface area contributed by atoms with Crippen LogP contribution in [0.4, 0.5) is 5.69 Å². The molecule has 0 fully saturated rings. The number of rotatable bonds is 8. The molecule has 7 nitrogen and oxygen atoms in total. The molecular weight excluding hydrogens is 430 g/mol. The van der Waals surface area contributed by atoms with E-state index in [1.807, 2.05) is 32.9 Å². The van der Waals surface area contributed by atoms with Crippen LogP contribution in [-0.2, 0) is 4.84 Å². The highest BCUT2D eigenvalue weighted by molar-refractivity contribution is 7.99. The Balaban J connectivity index is 1.79. The molecule has 31 heavy (non-hydrogen) atoms. The van der Waals surface area contributed by atoms with E-state index in [9.17, 15) is 0 Å². The van der Waals surface area contributed by atoms with Crippen molar-refractivity contribution in [1.82, 2.24) is 10.2 Å². The lowest BCUT2D eigenvalue weighted by Gasteiger charge is -2.14. The van der Waals surface area contributed by atoms with Crippen molar-refractivity contribution in [2.24, 2.45) is 10.9 Å². The lowest BCUT2D eigenvalue weighted by atomic mass is 10.1. The molecule has 0 aliphatic rings. The largest absolute Gasteiger partial charge is 0.394 e. The van der Waals surface area contributed by atoms with Gasteiger partial charge in [0.25, 0.3) is 0 Å². The van der Waals surface area contributed by atoms with Gasteiger partial charge >= 0.3 is 0 Å². The molecular formula is C22H27N5O2S2. The van der Waals surface area contributed by atoms with Gasteiger partial charge in [-0.3, -0.25) is 10.7 Å². The van der Waals surface area contributed by atoms with Gasteiger partial charge in [0, 0.05) is 20.2 Å². The van der Waals surface area contributed by atoms with Crippen LogP contribution in [0.2, 0.25) is 0 Å². The highest BCUT2D eigenvalue weighted by Gasteiger charge is 2.17. The Bertz CT molecular complexity index is 1080. The molecule has 2 heterocycles. The van der Waals surface area contributed by atoms with E-state index >= 15 is 0 Å². The summed E-state index contributed by atoms with van der Waals surface area (Å²) in [5.74, 6) is 0. The van der Waals surface area contributed by atoms with Crippen LogP contribution in [0.25, 0.3) is 0 Å². The third-order valence-electron chi connectivity index (χ3n) is 4.92. The fourth-order valence-corrected chi connectivity index (χ4v) is 5.14. The standard InChI is InChI=1S/C22H27N5O2S2/c1-12-10-19(16(5)30-12)20(23)11-29-27-15(4)21-13(2)14(3)24-25-22(21)31-18-8-6-17(26-28)7-9-18/h6-10,20,26,28H,11,23H2,1-5H3/b27-15+. The molecule has 1 atom stereocenters. The Hall–Kier alpha value is -2.46. The zero-order valence-electron chi connectivity index (χ0n) is 18.3. The van der Waals surface area contributed by atoms with Gasteiger partial charge in [-0.1, -0.05) is 16.9 Å². The molecule has 0 saturated carbocycles. The molecule has 0 saturated heterocycles. The maximum absolute atomic E-state index is 9.00. The quantitative estimate of drug-likeness (QED) is 0.317. The van der Waals surface area contributed by atoms with E-state index < -0.39 is 0 Å². The molecule has 0 aliphatic carbocycles. The first-order valence-electron chi connectivity index (χ1n) is 9.81. The molecule has 4 N–H and O–H groups in total. The van der Waals surface area contributed by atoms with Gasteiger partial charge in [-0.2, -0.15) is 5.10 Å². The first-order chi connectivity index (χ1) is 14.8. The van der Waals surface area contributed by atoms with E-state index in [2.05, 4.69) is 40.7 Å². The topological polar surface area (TPSA) is 106 Å². The third-order valence-corrected chi connectivity index (χ3v) is 6.89. The third kappa shape index (κ3) is 5.62. The fourth-order valence-electron chi connectivity index (χ4n) is 3.16. The minimum atomic E-state index is -0.229. The number of aryl methyl sites for hydroxylation is 3. The molecule has 0 spiro atoms. The van der Waals surface area contributed by atoms with E-state index in [4.69, 9.17) is 15.8 Å². The highest BCUT2D eigenvalue weighted by Crippen LogP contribution is 2.32. The normalized spacial score (nSPS) is 12.7. The van der Waals surface area contributed by atoms with Gasteiger partial charge in [0.2, 0.25) is 0 Å². The van der Waals surface area contributed by atoms with Crippen LogP contribution in [0.5, 0.6) is 0 Å². The molecule has 1 unspecified atom stereocenters. The van der Waals surface area contributed by atoms with E-state index in [0.717, 1.165) is 38.0 Å². The van der Waals surface area contributed by atoms with Gasteiger partial charge in [0.1, 0.15) is 11.6 Å². The molecule has 0 aliphatic heterocycles. The summed E-state index contributed by atoms with van der Waals surface area (Å²) < 4.78 is 0. The Kier molecular flexibility index (Phi) is 7.66. The van der Waals surface area contributed by atoms with Gasteiger partial charge in [0.05, 0.1) is 23.1 Å². The molecule has 3 rings (SSSR count). The van der Waals surface area contributed by atoms with Crippen molar-refractivity contribution in [2.45, 2.75) is 50.6 Å². The molecule has 0 amide bonds. The van der Waals surface area contributed by atoms with Crippen molar-refractivity contribution < 1.29 is 10.0 Å². The summed E-state index contributed by atoms with van der Waals surface area (Å²) in [6.45, 7) is 10.3. The second kappa shape index (κ2) is 10.2. The van der Waals surface area contributed by atoms with Crippen molar-refractivity contribution in [1.29, 1.82) is 0 Å². The predicted molar refractivity (Wildman–Crippen MR) is 126 cm³/mol. The summed E-state index contributed by atoms with van der Waals surface area (Å²) in [5.41, 5.74) is 13.6. The van der Waals surface area contributed by atoms with Crippen LogP contribution in [0.1, 0.15) is 45.1 Å². The van der Waals surface area contributed by atoms with Crippen LogP contribution < -0.4 is 11.2 Å². The van der Waals surface area contributed by atoms with Crippen LogP contribution in [-0.4, -0.2) is 27.7 Å². The number of oxime groups is 1. The summed E-state index contributed by atoms with van der Waals surface area (Å²) in [7, 11) is 0.